The zero-order chi connectivity index (χ0) is 53.8. The Morgan fingerprint density at radius 1 is 0.315 bits per heavy atom. The van der Waals surface area contributed by atoms with Crippen molar-refractivity contribution < 1.29 is 92.5 Å². The summed E-state index contributed by atoms with van der Waals surface area (Å²) in [6.07, 6.45) is -11.7. The highest BCUT2D eigenvalue weighted by Gasteiger charge is 2.40. The highest BCUT2D eigenvalue weighted by atomic mass is 32.2. The third kappa shape index (κ3) is 11.3. The van der Waals surface area contributed by atoms with Crippen LogP contribution in [-0.4, -0.2) is 12.8 Å². The van der Waals surface area contributed by atoms with E-state index in [1.54, 1.807) is 0 Å². The van der Waals surface area contributed by atoms with Gasteiger partial charge in [0.15, 0.2) is 108 Å². The maximum atomic E-state index is 14.9. The van der Waals surface area contributed by atoms with Crippen molar-refractivity contribution in [2.24, 2.45) is 0 Å². The molecule has 0 N–H and O–H groups in total. The van der Waals surface area contributed by atoms with Crippen LogP contribution in [0.15, 0.2) is 99.6 Å². The van der Waals surface area contributed by atoms with E-state index < -0.39 is 170 Å². The standard InChI is InChI=1S/C28H8BF20.C22H23OS/c30-9-5(10(31)18(39)25(46)17(9)38)1-29(2-6-11(32)19(40)26(47)20(41)12(6)33,3-7-13(34)21(42)27(48)22(43)14(7)35)4-8-15(36)23(44)28(49)24(45)16(8)37;1-2-3-18-23-19-14-16-22(17-15-19)24(20-10-6-4-7-11-20)21-12-8-5-9-13-21/h1-4H2;4-17H,2-3,18H2,1H3/q-1;+1. The molecule has 73 heavy (non-hydrogen) atoms. The number of hydrogen-bond donors (Lipinski definition) is 0. The minimum atomic E-state index is -4.78. The predicted molar refractivity (Wildman–Crippen MR) is 227 cm³/mol. The fourth-order valence-corrected chi connectivity index (χ4v) is 10.1. The summed E-state index contributed by atoms with van der Waals surface area (Å²) in [5, 5.41) is 0. The highest BCUT2D eigenvalue weighted by molar-refractivity contribution is 7.97. The molecular formula is C50H31BF20OS. The normalized spacial score (nSPS) is 11.6. The lowest BCUT2D eigenvalue weighted by atomic mass is 9.16. The van der Waals surface area contributed by atoms with Crippen molar-refractivity contribution in [2.45, 2.75) is 59.7 Å². The van der Waals surface area contributed by atoms with Crippen molar-refractivity contribution in [1.29, 1.82) is 0 Å². The molecule has 0 aliphatic carbocycles. The molecule has 0 atom stereocenters. The lowest BCUT2D eigenvalue weighted by Gasteiger charge is -2.41. The van der Waals surface area contributed by atoms with Crippen molar-refractivity contribution in [1.82, 2.24) is 0 Å². The molecule has 0 aliphatic rings. The van der Waals surface area contributed by atoms with E-state index in [1.807, 2.05) is 0 Å². The minimum Gasteiger partial charge on any atom is -0.494 e. The molecule has 1 nitrogen and oxygen atoms in total. The molecule has 7 rings (SSSR count). The summed E-state index contributed by atoms with van der Waals surface area (Å²) in [7, 11) is -0.0858. The molecule has 0 saturated heterocycles. The second kappa shape index (κ2) is 23.1. The summed E-state index contributed by atoms with van der Waals surface area (Å²) < 4.78 is 293. The van der Waals surface area contributed by atoms with Crippen LogP contribution >= 0.6 is 0 Å². The van der Waals surface area contributed by atoms with Gasteiger partial charge in [0.1, 0.15) is 5.75 Å². The van der Waals surface area contributed by atoms with Crippen molar-refractivity contribution in [3.63, 3.8) is 0 Å². The molecule has 0 heterocycles. The molecule has 7 aromatic rings. The minimum absolute atomic E-state index is 0.0858. The first-order chi connectivity index (χ1) is 34.5. The van der Waals surface area contributed by atoms with Gasteiger partial charge in [0, 0.05) is 6.15 Å². The van der Waals surface area contributed by atoms with Crippen molar-refractivity contribution in [2.75, 3.05) is 6.61 Å². The highest BCUT2D eigenvalue weighted by Crippen LogP contribution is 2.38. The lowest BCUT2D eigenvalue weighted by molar-refractivity contribution is 0.309. The van der Waals surface area contributed by atoms with Crippen LogP contribution in [0, 0.1) is 116 Å². The van der Waals surface area contributed by atoms with Gasteiger partial charge < -0.3 is 4.74 Å². The molecule has 0 aromatic heterocycles. The summed E-state index contributed by atoms with van der Waals surface area (Å²) >= 11 is 0. The quantitative estimate of drug-likeness (QED) is 0.0248. The van der Waals surface area contributed by atoms with Crippen LogP contribution in [0.3, 0.4) is 0 Å². The largest absolute Gasteiger partial charge is 0.494 e. The van der Waals surface area contributed by atoms with Gasteiger partial charge in [-0.3, -0.25) is 0 Å². The van der Waals surface area contributed by atoms with Gasteiger partial charge in [0.2, 0.25) is 23.3 Å². The third-order valence-corrected chi connectivity index (χ3v) is 13.8. The summed E-state index contributed by atoms with van der Waals surface area (Å²) in [6, 6.07) is 30.0. The first-order valence-electron chi connectivity index (χ1n) is 21.3. The smallest absolute Gasteiger partial charge is 0.200 e. The van der Waals surface area contributed by atoms with Crippen LogP contribution in [0.4, 0.5) is 87.8 Å². The molecule has 23 heteroatoms. The predicted octanol–water partition coefficient (Wildman–Crippen LogP) is 15.3. The summed E-state index contributed by atoms with van der Waals surface area (Å²) in [5.74, 6) is -56.8. The Kier molecular flexibility index (Phi) is 17.6. The Bertz CT molecular complexity index is 2710. The van der Waals surface area contributed by atoms with E-state index in [1.165, 1.54) is 14.7 Å². The summed E-state index contributed by atoms with van der Waals surface area (Å²) in [5.41, 5.74) is -8.97. The molecule has 0 saturated carbocycles. The van der Waals surface area contributed by atoms with E-state index in [2.05, 4.69) is 91.9 Å². The van der Waals surface area contributed by atoms with Crippen LogP contribution < -0.4 is 4.74 Å². The Hall–Kier alpha value is -6.65. The van der Waals surface area contributed by atoms with Gasteiger partial charge in [-0.1, -0.05) is 49.7 Å². The van der Waals surface area contributed by atoms with E-state index in [4.69, 9.17) is 4.74 Å². The van der Waals surface area contributed by atoms with E-state index >= 15 is 0 Å². The summed E-state index contributed by atoms with van der Waals surface area (Å²) in [6.45, 7) is 2.97. The molecule has 0 unspecified atom stereocenters. The molecule has 0 fully saturated rings. The second-order valence-electron chi connectivity index (χ2n) is 16.3. The zero-order valence-electron chi connectivity index (χ0n) is 37.0. The third-order valence-electron chi connectivity index (χ3n) is 11.5. The number of benzene rings is 7. The molecule has 0 radical (unpaired) electrons. The molecule has 0 amide bonds. The van der Waals surface area contributed by atoms with Crippen LogP contribution in [0.1, 0.15) is 42.0 Å². The van der Waals surface area contributed by atoms with Gasteiger partial charge in [-0.15, -0.1) is 25.3 Å². The maximum absolute atomic E-state index is 14.9. The number of hydrogen-bond acceptors (Lipinski definition) is 1. The van der Waals surface area contributed by atoms with Crippen molar-refractivity contribution >= 4 is 17.0 Å². The van der Waals surface area contributed by atoms with Crippen LogP contribution in [0.25, 0.3) is 0 Å². The molecule has 0 aliphatic heterocycles. The van der Waals surface area contributed by atoms with E-state index in [0.717, 1.165) is 25.2 Å². The monoisotopic (exact) mass is 1070 g/mol. The fourth-order valence-electron chi connectivity index (χ4n) is 8.01. The first-order valence-corrected chi connectivity index (χ1v) is 22.5. The van der Waals surface area contributed by atoms with Gasteiger partial charge in [0.05, 0.1) is 17.5 Å². The van der Waals surface area contributed by atoms with Crippen LogP contribution in [0.5, 0.6) is 5.75 Å². The second-order valence-corrected chi connectivity index (χ2v) is 18.4. The Labute approximate surface area is 404 Å². The van der Waals surface area contributed by atoms with Crippen molar-refractivity contribution in [3.05, 3.63) is 224 Å². The fraction of sp³-hybridized carbons (Fsp3) is 0.160. The van der Waals surface area contributed by atoms with E-state index in [0.29, 0.717) is 0 Å². The molecule has 7 aromatic carbocycles. The van der Waals surface area contributed by atoms with Gasteiger partial charge in [-0.25, -0.2) is 87.8 Å². The van der Waals surface area contributed by atoms with E-state index in [9.17, 15) is 87.8 Å². The Balaban J connectivity index is 0.000000301. The lowest BCUT2D eigenvalue weighted by Crippen LogP contribution is -2.49. The molecule has 386 valence electrons. The SMILES string of the molecule is CCCCOc1ccc([S+](c2ccccc2)c2ccccc2)cc1.Fc1c(F)c(F)c(C[B-](Cc2c(F)c(F)c(F)c(F)c2F)(Cc2c(F)c(F)c(F)c(F)c2F)Cc2c(F)c(F)c(F)c(F)c2F)c(F)c1F. The van der Waals surface area contributed by atoms with Gasteiger partial charge in [-0.05, 0) is 77.2 Å². The average molecular weight is 1070 g/mol. The number of rotatable bonds is 15. The van der Waals surface area contributed by atoms with Crippen LogP contribution in [0.2, 0.25) is 0 Å². The zero-order valence-corrected chi connectivity index (χ0v) is 37.8. The van der Waals surface area contributed by atoms with Gasteiger partial charge in [-0.2, -0.15) is 0 Å². The average Bonchev–Trinajstić information content (AvgIpc) is 3.40. The molecule has 0 bridgehead atoms. The maximum Gasteiger partial charge on any atom is 0.200 e. The van der Waals surface area contributed by atoms with E-state index in [-0.39, 0.29) is 10.9 Å². The molecular weight excluding hydrogens is 1040 g/mol. The number of unbranched alkanes of at least 4 members (excludes halogenated alkanes) is 1. The topological polar surface area (TPSA) is 9.23 Å². The molecule has 0 spiro atoms. The Morgan fingerprint density at radius 2 is 0.548 bits per heavy atom. The Morgan fingerprint density at radius 3 is 0.795 bits per heavy atom. The number of halogens is 20. The first kappa shape index (κ1) is 55.7. The van der Waals surface area contributed by atoms with Crippen LogP contribution in [-0.2, 0) is 36.2 Å². The number of ether oxygens (including phenoxy) is 1. The van der Waals surface area contributed by atoms with Gasteiger partial charge in [0.25, 0.3) is 0 Å². The summed E-state index contributed by atoms with van der Waals surface area (Å²) in [4.78, 5) is 3.99. The van der Waals surface area contributed by atoms with Crippen molar-refractivity contribution in [3.8, 4) is 5.75 Å². The van der Waals surface area contributed by atoms with Gasteiger partial charge >= 0.3 is 0 Å².